The molecule has 13 nitrogen and oxygen atoms in total. The minimum absolute atomic E-state index is 0.0204. The van der Waals surface area contributed by atoms with E-state index in [1.54, 1.807) is 55.5 Å². The molecule has 13 heteroatoms. The first-order chi connectivity index (χ1) is 16.4. The van der Waals surface area contributed by atoms with Crippen LogP contribution in [0.5, 0.6) is 5.75 Å². The van der Waals surface area contributed by atoms with Crippen molar-refractivity contribution in [2.45, 2.75) is 6.92 Å². The number of carbonyl (C=O) groups is 2. The van der Waals surface area contributed by atoms with Crippen LogP contribution in [0, 0.1) is 0 Å². The van der Waals surface area contributed by atoms with Crippen molar-refractivity contribution >= 4 is 23.3 Å². The summed E-state index contributed by atoms with van der Waals surface area (Å²) in [7, 11) is 0. The molecule has 0 aliphatic carbocycles. The lowest BCUT2D eigenvalue weighted by Gasteiger charge is -2.07. The molecule has 4 aromatic rings. The van der Waals surface area contributed by atoms with Gasteiger partial charge in [-0.05, 0) is 47.1 Å². The zero-order valence-corrected chi connectivity index (χ0v) is 17.9. The second-order valence-electron chi connectivity index (χ2n) is 6.96. The number of nitrogens with two attached hydrogens (primary N) is 2. The molecule has 4 rings (SSSR count). The molecule has 2 aromatic carbocycles. The van der Waals surface area contributed by atoms with Gasteiger partial charge in [0, 0.05) is 5.56 Å². The second kappa shape index (κ2) is 9.60. The Kier molecular flexibility index (Phi) is 6.25. The lowest BCUT2D eigenvalue weighted by atomic mass is 10.1. The zero-order chi connectivity index (χ0) is 24.1. The molecule has 172 valence electrons. The van der Waals surface area contributed by atoms with Gasteiger partial charge >= 0.3 is 0 Å². The molecular weight excluding hydrogens is 442 g/mol. The minimum atomic E-state index is -0.605. The standard InChI is InChI=1S/C21H19N9O4/c1-12(13-7-9-15(10-8-13)33-11-16(22)31)24-26-21(32)18-17(14-5-3-2-4-6-14)25-29-30(18)20-19(23)27-34-28-20/h2-10H,11H2,1H3,(H2,22,31)(H2,23,27)(H,26,32)/b24-12-. The lowest BCUT2D eigenvalue weighted by molar-refractivity contribution is -0.119. The summed E-state index contributed by atoms with van der Waals surface area (Å²) in [6.07, 6.45) is 0. The van der Waals surface area contributed by atoms with Crippen LogP contribution in [0.25, 0.3) is 17.1 Å². The molecular formula is C21H19N9O4. The van der Waals surface area contributed by atoms with Crippen molar-refractivity contribution in [1.29, 1.82) is 0 Å². The third-order valence-electron chi connectivity index (χ3n) is 4.61. The molecule has 0 fully saturated rings. The van der Waals surface area contributed by atoms with E-state index in [1.807, 2.05) is 6.07 Å². The number of nitrogen functional groups attached to an aromatic ring is 1. The molecule has 0 saturated carbocycles. The van der Waals surface area contributed by atoms with Crippen LogP contribution in [0.2, 0.25) is 0 Å². The number of hydrogen-bond donors (Lipinski definition) is 3. The summed E-state index contributed by atoms with van der Waals surface area (Å²) in [6, 6.07) is 15.8. The lowest BCUT2D eigenvalue weighted by Crippen LogP contribution is -2.23. The number of amides is 2. The quantitative estimate of drug-likeness (QED) is 0.253. The molecule has 2 heterocycles. The van der Waals surface area contributed by atoms with Gasteiger partial charge in [-0.3, -0.25) is 9.59 Å². The summed E-state index contributed by atoms with van der Waals surface area (Å²) < 4.78 is 11.0. The summed E-state index contributed by atoms with van der Waals surface area (Å²) in [5.74, 6) is -0.743. The van der Waals surface area contributed by atoms with E-state index >= 15 is 0 Å². The third-order valence-corrected chi connectivity index (χ3v) is 4.61. The van der Waals surface area contributed by atoms with Crippen LogP contribution in [0.3, 0.4) is 0 Å². The summed E-state index contributed by atoms with van der Waals surface area (Å²) in [6.45, 7) is 1.49. The molecule has 0 atom stereocenters. The predicted molar refractivity (Wildman–Crippen MR) is 120 cm³/mol. The smallest absolute Gasteiger partial charge is 0.292 e. The number of hydrogen-bond acceptors (Lipinski definition) is 10. The number of hydrazone groups is 1. The van der Waals surface area contributed by atoms with Crippen molar-refractivity contribution in [2.24, 2.45) is 10.8 Å². The van der Waals surface area contributed by atoms with Gasteiger partial charge in [0.15, 0.2) is 12.3 Å². The monoisotopic (exact) mass is 461 g/mol. The number of nitrogens with zero attached hydrogens (tertiary/aromatic N) is 6. The Labute approximate surface area is 192 Å². The SMILES string of the molecule is C/C(=N/NC(=O)c1c(-c2ccccc2)nnn1-c1nonc1N)c1ccc(OCC(N)=O)cc1. The highest BCUT2D eigenvalue weighted by molar-refractivity contribution is 6.02. The first-order valence-electron chi connectivity index (χ1n) is 9.89. The van der Waals surface area contributed by atoms with Gasteiger partial charge in [0.2, 0.25) is 11.6 Å². The van der Waals surface area contributed by atoms with E-state index in [0.29, 0.717) is 28.3 Å². The van der Waals surface area contributed by atoms with Gasteiger partial charge < -0.3 is 16.2 Å². The van der Waals surface area contributed by atoms with E-state index < -0.39 is 11.8 Å². The fourth-order valence-corrected chi connectivity index (χ4v) is 2.96. The highest BCUT2D eigenvalue weighted by Gasteiger charge is 2.26. The molecule has 0 bridgehead atoms. The maximum atomic E-state index is 13.2. The van der Waals surface area contributed by atoms with Crippen LogP contribution < -0.4 is 21.6 Å². The van der Waals surface area contributed by atoms with Gasteiger partial charge in [-0.15, -0.1) is 5.10 Å². The Hall–Kier alpha value is -5.07. The van der Waals surface area contributed by atoms with Gasteiger partial charge in [0.05, 0.1) is 5.71 Å². The Morgan fingerprint density at radius 3 is 2.50 bits per heavy atom. The minimum Gasteiger partial charge on any atom is -0.484 e. The summed E-state index contributed by atoms with van der Waals surface area (Å²) in [5.41, 5.74) is 15.6. The molecule has 2 aromatic heterocycles. The number of benzene rings is 2. The van der Waals surface area contributed by atoms with Gasteiger partial charge in [-0.25, -0.2) is 10.1 Å². The third kappa shape index (κ3) is 4.72. The largest absolute Gasteiger partial charge is 0.484 e. The molecule has 5 N–H and O–H groups in total. The second-order valence-corrected chi connectivity index (χ2v) is 6.96. The zero-order valence-electron chi connectivity index (χ0n) is 17.9. The number of carbonyl (C=O) groups excluding carboxylic acids is 2. The fourth-order valence-electron chi connectivity index (χ4n) is 2.96. The molecule has 34 heavy (non-hydrogen) atoms. The number of ether oxygens (including phenoxy) is 1. The van der Waals surface area contributed by atoms with E-state index in [1.165, 1.54) is 0 Å². The maximum Gasteiger partial charge on any atom is 0.292 e. The average molecular weight is 461 g/mol. The van der Waals surface area contributed by atoms with Crippen molar-refractivity contribution in [3.63, 3.8) is 0 Å². The van der Waals surface area contributed by atoms with Crippen LogP contribution in [-0.2, 0) is 4.79 Å². The number of anilines is 1. The molecule has 2 amide bonds. The first-order valence-corrected chi connectivity index (χ1v) is 9.89. The van der Waals surface area contributed by atoms with Gasteiger partial charge in [-0.2, -0.15) is 9.78 Å². The molecule has 0 aliphatic rings. The first kappa shape index (κ1) is 22.1. The van der Waals surface area contributed by atoms with Crippen molar-refractivity contribution < 1.29 is 19.0 Å². The Morgan fingerprint density at radius 1 is 1.12 bits per heavy atom. The van der Waals surface area contributed by atoms with E-state index in [4.69, 9.17) is 16.2 Å². The van der Waals surface area contributed by atoms with Gasteiger partial charge in [-0.1, -0.05) is 35.5 Å². The number of nitrogens with one attached hydrogen (secondary N) is 1. The molecule has 0 saturated heterocycles. The normalized spacial score (nSPS) is 11.3. The van der Waals surface area contributed by atoms with Crippen molar-refractivity contribution in [3.8, 4) is 22.8 Å². The number of aromatic nitrogens is 5. The summed E-state index contributed by atoms with van der Waals surface area (Å²) in [5, 5.41) is 19.5. The van der Waals surface area contributed by atoms with E-state index in [9.17, 15) is 9.59 Å². The number of primary amides is 1. The van der Waals surface area contributed by atoms with Crippen LogP contribution >= 0.6 is 0 Å². The van der Waals surface area contributed by atoms with E-state index in [0.717, 1.165) is 4.68 Å². The van der Waals surface area contributed by atoms with Crippen LogP contribution in [0.4, 0.5) is 5.82 Å². The summed E-state index contributed by atoms with van der Waals surface area (Å²) in [4.78, 5) is 24.0. The van der Waals surface area contributed by atoms with Crippen LogP contribution in [-0.4, -0.2) is 49.4 Å². The topological polar surface area (TPSA) is 189 Å². The van der Waals surface area contributed by atoms with Crippen LogP contribution in [0.15, 0.2) is 64.3 Å². The highest BCUT2D eigenvalue weighted by atomic mass is 16.6. The Bertz CT molecular complexity index is 1340. The number of rotatable bonds is 8. The Morgan fingerprint density at radius 2 is 1.85 bits per heavy atom. The highest BCUT2D eigenvalue weighted by Crippen LogP contribution is 2.24. The molecule has 0 spiro atoms. The van der Waals surface area contributed by atoms with Crippen LogP contribution in [0.1, 0.15) is 23.0 Å². The Balaban J connectivity index is 1.60. The van der Waals surface area contributed by atoms with E-state index in [-0.39, 0.29) is 23.9 Å². The summed E-state index contributed by atoms with van der Waals surface area (Å²) >= 11 is 0. The van der Waals surface area contributed by atoms with Gasteiger partial charge in [0.25, 0.3) is 11.8 Å². The predicted octanol–water partition coefficient (Wildman–Crippen LogP) is 0.918. The molecule has 0 aliphatic heterocycles. The van der Waals surface area contributed by atoms with Crippen molar-refractivity contribution in [3.05, 3.63) is 65.9 Å². The fraction of sp³-hybridized carbons (Fsp3) is 0.0952. The maximum absolute atomic E-state index is 13.2. The van der Waals surface area contributed by atoms with Crippen molar-refractivity contribution in [2.75, 3.05) is 12.3 Å². The molecule has 0 radical (unpaired) electrons. The average Bonchev–Trinajstić information content (AvgIpc) is 3.47. The van der Waals surface area contributed by atoms with E-state index in [2.05, 4.69) is 35.8 Å². The molecule has 0 unspecified atom stereocenters. The van der Waals surface area contributed by atoms with Crippen molar-refractivity contribution in [1.82, 2.24) is 30.7 Å². The van der Waals surface area contributed by atoms with Gasteiger partial charge in [0.1, 0.15) is 11.4 Å².